The fraction of sp³-hybridized carbons (Fsp3) is 0. The molecule has 0 spiro atoms. The first-order chi connectivity index (χ1) is 4.00. The van der Waals surface area contributed by atoms with Gasteiger partial charge < -0.3 is 0 Å². The molecule has 8 heavy (non-hydrogen) atoms. The van der Waals surface area contributed by atoms with Crippen molar-refractivity contribution in [1.29, 1.82) is 3.91 Å². The van der Waals surface area contributed by atoms with Crippen LogP contribution in [0.5, 0.6) is 0 Å². The largest absolute Gasteiger partial charge is 0.184 e. The van der Waals surface area contributed by atoms with Crippen LogP contribution in [0.2, 0.25) is 0 Å². The number of benzene rings is 1. The van der Waals surface area contributed by atoms with Crippen molar-refractivity contribution >= 4 is 0 Å². The van der Waals surface area contributed by atoms with E-state index in [1.165, 1.54) is 0 Å². The maximum atomic E-state index is 5.83. The molecule has 1 aromatic rings. The average Bonchev–Trinajstić information content (AvgIpc) is 1.96. The summed E-state index contributed by atoms with van der Waals surface area (Å²) in [5, 5.41) is 0. The van der Waals surface area contributed by atoms with E-state index in [4.69, 9.17) is 3.91 Å². The second-order valence-electron chi connectivity index (χ2n) is 1.08. The minimum Gasteiger partial charge on any atom is -0.184 e. The van der Waals surface area contributed by atoms with Gasteiger partial charge in [0.1, 0.15) is 0 Å². The van der Waals surface area contributed by atoms with E-state index in [2.05, 4.69) is 6.07 Å². The Morgan fingerprint density at radius 1 is 1.00 bits per heavy atom. The second kappa shape index (κ2) is 6.71. The van der Waals surface area contributed by atoms with E-state index < -0.39 is 0 Å². The molecule has 0 radical (unpaired) electrons. The summed E-state index contributed by atoms with van der Waals surface area (Å²) in [5.74, 6) is 0. The van der Waals surface area contributed by atoms with E-state index in [-0.39, 0.29) is 0 Å². The summed E-state index contributed by atoms with van der Waals surface area (Å²) in [6.07, 6.45) is 0. The van der Waals surface area contributed by atoms with Crippen LogP contribution in [0, 0.1) is 9.98 Å². The molecule has 0 saturated heterocycles. The maximum absolute atomic E-state index is 5.83. The van der Waals surface area contributed by atoms with Gasteiger partial charge >= 0.3 is 23.5 Å². The molecule has 1 rings (SSSR count). The first-order valence-electron chi connectivity index (χ1n) is 2.11. The zero-order chi connectivity index (χ0) is 6.24. The standard InChI is InChI=1S/C6H5.HN.W/c1-2-4-6-5-3-1;;/h1-5H;1H;/q-1;;. The zero-order valence-corrected chi connectivity index (χ0v) is 7.23. The molecule has 0 amide bonds. The van der Waals surface area contributed by atoms with Crippen LogP contribution in [0.15, 0.2) is 30.3 Å². The minimum absolute atomic E-state index is 0.833. The van der Waals surface area contributed by atoms with Gasteiger partial charge in [-0.3, -0.25) is 0 Å². The molecule has 0 aliphatic heterocycles. The van der Waals surface area contributed by atoms with Gasteiger partial charge in [0.15, 0.2) is 0 Å². The van der Waals surface area contributed by atoms with Crippen LogP contribution in [0.25, 0.3) is 0 Å². The third-order valence-corrected chi connectivity index (χ3v) is 0.607. The van der Waals surface area contributed by atoms with Crippen molar-refractivity contribution < 1.29 is 19.6 Å². The van der Waals surface area contributed by atoms with Gasteiger partial charge in [0, 0.05) is 0 Å². The van der Waals surface area contributed by atoms with Crippen LogP contribution >= 0.6 is 0 Å². The molecule has 0 saturated carbocycles. The van der Waals surface area contributed by atoms with E-state index in [1.807, 2.05) is 30.3 Å². The summed E-state index contributed by atoms with van der Waals surface area (Å²) in [6.45, 7) is 0. The maximum Gasteiger partial charge on any atom is -0.171 e. The van der Waals surface area contributed by atoms with Crippen LogP contribution in [0.1, 0.15) is 0 Å². The molecule has 0 aliphatic carbocycles. The molecule has 0 unspecified atom stereocenters. The Balaban J connectivity index is 0.000000222. The van der Waals surface area contributed by atoms with E-state index in [1.54, 1.807) is 0 Å². The second-order valence-corrected chi connectivity index (χ2v) is 1.08. The molecule has 42 valence electrons. The fourth-order valence-corrected chi connectivity index (χ4v) is 0.342. The molecular weight excluding hydrogens is 270 g/mol. The van der Waals surface area contributed by atoms with Crippen molar-refractivity contribution in [3.05, 3.63) is 36.4 Å². The van der Waals surface area contributed by atoms with Crippen LogP contribution < -0.4 is 0 Å². The van der Waals surface area contributed by atoms with Crippen LogP contribution in [0.4, 0.5) is 0 Å². The van der Waals surface area contributed by atoms with E-state index >= 15 is 0 Å². The third kappa shape index (κ3) is 3.88. The molecule has 1 aromatic carbocycles. The molecule has 2 heteroatoms. The van der Waals surface area contributed by atoms with E-state index in [0.717, 1.165) is 19.6 Å². The smallest absolute Gasteiger partial charge is 0.171 e. The molecule has 1 N–H and O–H groups in total. The van der Waals surface area contributed by atoms with Crippen LogP contribution in [-0.2, 0) is 19.6 Å². The molecular formula is C6H6NW-. The van der Waals surface area contributed by atoms with Crippen LogP contribution in [-0.4, -0.2) is 0 Å². The molecule has 0 aliphatic rings. The number of hydrogen-bond acceptors (Lipinski definition) is 1. The zero-order valence-electron chi connectivity index (χ0n) is 4.29. The fourth-order valence-electron chi connectivity index (χ4n) is 0.342. The predicted octanol–water partition coefficient (Wildman–Crippen LogP) is 1.78. The summed E-state index contributed by atoms with van der Waals surface area (Å²) in [7, 11) is 0. The first-order valence-corrected chi connectivity index (χ1v) is 3.58. The Morgan fingerprint density at radius 2 is 1.50 bits per heavy atom. The van der Waals surface area contributed by atoms with Gasteiger partial charge in [-0.05, 0) is 0 Å². The van der Waals surface area contributed by atoms with Crippen molar-refractivity contribution in [1.82, 2.24) is 0 Å². The Morgan fingerprint density at radius 3 is 1.62 bits per heavy atom. The molecule has 0 bridgehead atoms. The van der Waals surface area contributed by atoms with Crippen molar-refractivity contribution in [2.75, 3.05) is 0 Å². The van der Waals surface area contributed by atoms with Crippen molar-refractivity contribution in [3.8, 4) is 0 Å². The molecule has 0 heterocycles. The summed E-state index contributed by atoms with van der Waals surface area (Å²) in [5.41, 5.74) is 0. The summed E-state index contributed by atoms with van der Waals surface area (Å²) < 4.78 is 5.83. The normalized spacial score (nSPS) is 6.50. The summed E-state index contributed by atoms with van der Waals surface area (Å²) in [4.78, 5) is 0. The van der Waals surface area contributed by atoms with Gasteiger partial charge in [-0.2, -0.15) is 36.4 Å². The quantitative estimate of drug-likeness (QED) is 0.698. The summed E-state index contributed by atoms with van der Waals surface area (Å²) in [6, 6.07) is 12.5. The molecule has 0 atom stereocenters. The van der Waals surface area contributed by atoms with Gasteiger partial charge in [-0.25, -0.2) is 0 Å². The predicted molar refractivity (Wildman–Crippen MR) is 28.0 cm³/mol. The Kier molecular flexibility index (Phi) is 6.46. The number of hydrogen-bond donors (Lipinski definition) is 1. The number of nitrogens with one attached hydrogen (secondary N) is 1. The minimum atomic E-state index is 0.833. The third-order valence-electron chi connectivity index (χ3n) is 0.607. The van der Waals surface area contributed by atoms with Gasteiger partial charge in [-0.1, -0.05) is 0 Å². The van der Waals surface area contributed by atoms with Gasteiger partial charge in [0.25, 0.3) is 0 Å². The molecule has 0 fully saturated rings. The van der Waals surface area contributed by atoms with Gasteiger partial charge in [-0.15, -0.1) is 0 Å². The monoisotopic (exact) mass is 276 g/mol. The first kappa shape index (κ1) is 7.71. The van der Waals surface area contributed by atoms with Crippen molar-refractivity contribution in [2.45, 2.75) is 0 Å². The van der Waals surface area contributed by atoms with E-state index in [9.17, 15) is 0 Å². The average molecular weight is 276 g/mol. The van der Waals surface area contributed by atoms with E-state index in [0.29, 0.717) is 0 Å². The molecule has 1 nitrogen and oxygen atoms in total. The van der Waals surface area contributed by atoms with Gasteiger partial charge in [0.2, 0.25) is 0 Å². The topological polar surface area (TPSA) is 23.9 Å². The molecule has 0 aromatic heterocycles. The van der Waals surface area contributed by atoms with Gasteiger partial charge in [0.05, 0.1) is 0 Å². The van der Waals surface area contributed by atoms with Crippen molar-refractivity contribution in [3.63, 3.8) is 0 Å². The Bertz CT molecular complexity index is 91.4. The number of rotatable bonds is 0. The van der Waals surface area contributed by atoms with Crippen molar-refractivity contribution in [2.24, 2.45) is 0 Å². The van der Waals surface area contributed by atoms with Crippen LogP contribution in [0.3, 0.4) is 0 Å². The summed E-state index contributed by atoms with van der Waals surface area (Å²) >= 11 is 0.833. The Hall–Kier alpha value is -0.292. The Labute approximate surface area is 60.3 Å². The SMILES string of the molecule is [NH]=[W].[c-]1ccccc1.